The molecule has 0 radical (unpaired) electrons. The van der Waals surface area contributed by atoms with Gasteiger partial charge in [0.05, 0.1) is 6.67 Å². The number of carbonyl (C=O) groups excluding carboxylic acids is 1. The van der Waals surface area contributed by atoms with Crippen LogP contribution in [0.3, 0.4) is 0 Å². The second-order valence-corrected chi connectivity index (χ2v) is 7.63. The van der Waals surface area contributed by atoms with Gasteiger partial charge in [0.1, 0.15) is 5.82 Å². The summed E-state index contributed by atoms with van der Waals surface area (Å²) in [5, 5.41) is 7.44. The quantitative estimate of drug-likeness (QED) is 0.645. The van der Waals surface area contributed by atoms with E-state index in [0.717, 1.165) is 37.1 Å². The third-order valence-corrected chi connectivity index (χ3v) is 5.38. The maximum absolute atomic E-state index is 12.5. The van der Waals surface area contributed by atoms with Crippen molar-refractivity contribution in [1.29, 1.82) is 0 Å². The van der Waals surface area contributed by atoms with E-state index in [2.05, 4.69) is 20.3 Å². The van der Waals surface area contributed by atoms with Gasteiger partial charge in [0.15, 0.2) is 0 Å². The Morgan fingerprint density at radius 2 is 2.00 bits per heavy atom. The number of anilines is 1. The Hall–Kier alpha value is -2.84. The summed E-state index contributed by atoms with van der Waals surface area (Å²) in [5.74, 6) is 1.15. The molecule has 0 atom stereocenters. The van der Waals surface area contributed by atoms with Crippen molar-refractivity contribution in [2.45, 2.75) is 26.4 Å². The topological polar surface area (TPSA) is 76.2 Å². The van der Waals surface area contributed by atoms with Crippen LogP contribution >= 0.6 is 12.2 Å². The fourth-order valence-corrected chi connectivity index (χ4v) is 3.63. The second-order valence-electron chi connectivity index (χ2n) is 7.28. The molecule has 7 nitrogen and oxygen atoms in total. The van der Waals surface area contributed by atoms with Crippen LogP contribution in [-0.4, -0.2) is 38.7 Å². The number of hydrogen-bond acceptors (Lipinski definition) is 6. The molecule has 3 aromatic rings. The highest BCUT2D eigenvalue weighted by molar-refractivity contribution is 7.71. The summed E-state index contributed by atoms with van der Waals surface area (Å²) in [6, 6.07) is 13.5. The smallest absolute Gasteiger partial charge is 0.288 e. The Balaban J connectivity index is 1.33. The molecule has 0 bridgehead atoms. The first-order valence-corrected chi connectivity index (χ1v) is 10.1. The van der Waals surface area contributed by atoms with E-state index >= 15 is 0 Å². The predicted octanol–water partition coefficient (Wildman–Crippen LogP) is 3.88. The second kappa shape index (κ2) is 8.67. The van der Waals surface area contributed by atoms with Crippen LogP contribution in [0.2, 0.25) is 0 Å². The van der Waals surface area contributed by atoms with Crippen LogP contribution in [0.4, 0.5) is 5.82 Å². The zero-order valence-electron chi connectivity index (χ0n) is 16.2. The van der Waals surface area contributed by atoms with Crippen LogP contribution in [0.5, 0.6) is 0 Å². The normalized spacial score (nSPS) is 15.3. The average molecular weight is 410 g/mol. The van der Waals surface area contributed by atoms with Gasteiger partial charge in [-0.2, -0.15) is 0 Å². The van der Waals surface area contributed by atoms with Crippen LogP contribution in [-0.2, 0) is 11.5 Å². The van der Waals surface area contributed by atoms with Crippen molar-refractivity contribution in [3.63, 3.8) is 0 Å². The molecular weight excluding hydrogens is 386 g/mol. The number of carbonyl (C=O) groups is 1. The van der Waals surface area contributed by atoms with Crippen LogP contribution in [0.1, 0.15) is 18.4 Å². The molecule has 3 heterocycles. The molecule has 1 fully saturated rings. The predicted molar refractivity (Wildman–Crippen MR) is 113 cm³/mol. The van der Waals surface area contributed by atoms with Crippen molar-refractivity contribution < 1.29 is 9.21 Å². The highest BCUT2D eigenvalue weighted by atomic mass is 32.1. The molecule has 1 saturated heterocycles. The van der Waals surface area contributed by atoms with E-state index in [0.29, 0.717) is 23.2 Å². The van der Waals surface area contributed by atoms with E-state index in [9.17, 15) is 4.79 Å². The zero-order valence-corrected chi connectivity index (χ0v) is 17.1. The Labute approximate surface area is 174 Å². The summed E-state index contributed by atoms with van der Waals surface area (Å²) in [7, 11) is 0. The van der Waals surface area contributed by atoms with Gasteiger partial charge in [-0.05, 0) is 61.8 Å². The largest absolute Gasteiger partial charge is 0.409 e. The van der Waals surface area contributed by atoms with Crippen molar-refractivity contribution in [3.8, 4) is 11.5 Å². The highest BCUT2D eigenvalue weighted by Crippen LogP contribution is 2.21. The number of amides is 1. The van der Waals surface area contributed by atoms with Crippen LogP contribution in [0.15, 0.2) is 53.1 Å². The fourth-order valence-electron chi connectivity index (χ4n) is 3.45. The minimum absolute atomic E-state index is 0.0151. The molecule has 1 aromatic carbocycles. The van der Waals surface area contributed by atoms with Crippen LogP contribution < -0.4 is 5.32 Å². The molecule has 0 unspecified atom stereocenters. The van der Waals surface area contributed by atoms with Gasteiger partial charge in [-0.3, -0.25) is 9.69 Å². The monoisotopic (exact) mass is 409 g/mol. The summed E-state index contributed by atoms with van der Waals surface area (Å²) >= 11 is 5.33. The third-order valence-electron chi connectivity index (χ3n) is 5.09. The molecule has 4 rings (SSSR count). The number of hydrogen-bond donors (Lipinski definition) is 1. The lowest BCUT2D eigenvalue weighted by Crippen LogP contribution is -2.39. The van der Waals surface area contributed by atoms with Gasteiger partial charge >= 0.3 is 0 Å². The Morgan fingerprint density at radius 1 is 1.24 bits per heavy atom. The molecule has 1 N–H and O–H groups in total. The van der Waals surface area contributed by atoms with E-state index in [1.807, 2.05) is 49.4 Å². The van der Waals surface area contributed by atoms with Gasteiger partial charge in [0, 0.05) is 30.8 Å². The molecule has 8 heteroatoms. The molecule has 29 heavy (non-hydrogen) atoms. The van der Waals surface area contributed by atoms with E-state index in [1.165, 1.54) is 0 Å². The van der Waals surface area contributed by atoms with Crippen LogP contribution in [0.25, 0.3) is 11.5 Å². The lowest BCUT2D eigenvalue weighted by Gasteiger charge is -2.30. The van der Waals surface area contributed by atoms with E-state index in [1.54, 1.807) is 10.9 Å². The number of likely N-dealkylation sites (tertiary alicyclic amines) is 1. The minimum atomic E-state index is -0.0151. The lowest BCUT2D eigenvalue weighted by atomic mass is 9.96. The standard InChI is InChI=1S/C21H23N5O2S/c1-15-7-10-22-18(13-15)23-19(27)16-8-11-25(12-9-16)14-26-21(29)28-20(24-26)17-5-3-2-4-6-17/h2-7,10,13,16H,8-9,11-12,14H2,1H3,(H,22,23,27). The number of piperidine rings is 1. The van der Waals surface area contributed by atoms with E-state index < -0.39 is 0 Å². The summed E-state index contributed by atoms with van der Waals surface area (Å²) in [6.45, 7) is 4.14. The van der Waals surface area contributed by atoms with Crippen molar-refractivity contribution in [2.24, 2.45) is 5.92 Å². The zero-order chi connectivity index (χ0) is 20.2. The Morgan fingerprint density at radius 3 is 2.72 bits per heavy atom. The molecule has 150 valence electrons. The van der Waals surface area contributed by atoms with E-state index in [-0.39, 0.29) is 11.8 Å². The lowest BCUT2D eigenvalue weighted by molar-refractivity contribution is -0.121. The maximum atomic E-state index is 12.5. The third kappa shape index (κ3) is 4.78. The number of rotatable bonds is 5. The van der Waals surface area contributed by atoms with E-state index in [4.69, 9.17) is 16.6 Å². The van der Waals surface area contributed by atoms with Crippen molar-refractivity contribution in [1.82, 2.24) is 19.7 Å². The first kappa shape index (κ1) is 19.5. The molecule has 0 spiro atoms. The fraction of sp³-hybridized carbons (Fsp3) is 0.333. The number of nitrogens with one attached hydrogen (secondary N) is 1. The first-order valence-electron chi connectivity index (χ1n) is 9.68. The summed E-state index contributed by atoms with van der Waals surface area (Å²) in [6.07, 6.45) is 3.28. The summed E-state index contributed by atoms with van der Waals surface area (Å²) in [4.78, 5) is 19.3. The van der Waals surface area contributed by atoms with Crippen molar-refractivity contribution in [3.05, 3.63) is 59.1 Å². The van der Waals surface area contributed by atoms with Gasteiger partial charge in [-0.15, -0.1) is 5.10 Å². The average Bonchev–Trinajstić information content (AvgIpc) is 3.09. The van der Waals surface area contributed by atoms with Gasteiger partial charge in [-0.25, -0.2) is 9.67 Å². The van der Waals surface area contributed by atoms with Gasteiger partial charge in [0.2, 0.25) is 11.8 Å². The number of aryl methyl sites for hydroxylation is 1. The van der Waals surface area contributed by atoms with Gasteiger partial charge in [0.25, 0.3) is 4.84 Å². The molecular formula is C21H23N5O2S. The van der Waals surface area contributed by atoms with Gasteiger partial charge in [-0.1, -0.05) is 18.2 Å². The molecule has 1 amide bonds. The van der Waals surface area contributed by atoms with Gasteiger partial charge < -0.3 is 9.73 Å². The molecule has 1 aliphatic rings. The Kier molecular flexibility index (Phi) is 5.82. The molecule has 1 aliphatic heterocycles. The van der Waals surface area contributed by atoms with Crippen molar-refractivity contribution in [2.75, 3.05) is 18.4 Å². The Bertz CT molecular complexity index is 1040. The number of aromatic nitrogens is 3. The molecule has 0 aliphatic carbocycles. The minimum Gasteiger partial charge on any atom is -0.409 e. The first-order chi connectivity index (χ1) is 14.1. The number of nitrogens with zero attached hydrogens (tertiary/aromatic N) is 4. The molecule has 2 aromatic heterocycles. The summed E-state index contributed by atoms with van der Waals surface area (Å²) in [5.41, 5.74) is 1.97. The summed E-state index contributed by atoms with van der Waals surface area (Å²) < 4.78 is 7.35. The van der Waals surface area contributed by atoms with Crippen LogP contribution in [0, 0.1) is 17.7 Å². The maximum Gasteiger partial charge on any atom is 0.288 e. The number of benzene rings is 1. The SMILES string of the molecule is Cc1ccnc(NC(=O)C2CCN(Cn3nc(-c4ccccc4)oc3=S)CC2)c1. The highest BCUT2D eigenvalue weighted by Gasteiger charge is 2.26. The molecule has 0 saturated carbocycles. The van der Waals surface area contributed by atoms with Crippen molar-refractivity contribution >= 4 is 23.9 Å². The number of pyridine rings is 1.